The Morgan fingerprint density at radius 2 is 1.95 bits per heavy atom. The second kappa shape index (κ2) is 6.04. The molecule has 4 heteroatoms. The molecule has 1 heterocycles. The number of nitrogens with zero attached hydrogens (tertiary/aromatic N) is 1. The van der Waals surface area contributed by atoms with Crippen molar-refractivity contribution in [2.45, 2.75) is 26.8 Å². The first kappa shape index (κ1) is 15.2. The Morgan fingerprint density at radius 1 is 1.24 bits per heavy atom. The Kier molecular flexibility index (Phi) is 4.36. The number of rotatable bonds is 4. The fraction of sp³-hybridized carbons (Fsp3) is 0.353. The molecule has 0 aliphatic carbocycles. The molecular weight excluding hydrogens is 264 g/mol. The predicted octanol–water partition coefficient (Wildman–Crippen LogP) is 3.77. The lowest BCUT2D eigenvalue weighted by molar-refractivity contribution is 0.0827. The van der Waals surface area contributed by atoms with Gasteiger partial charge >= 0.3 is 0 Å². The number of hydrogen-bond donors (Lipinski definition) is 1. The molecule has 2 rings (SSSR count). The van der Waals surface area contributed by atoms with Crippen molar-refractivity contribution < 1.29 is 9.21 Å². The molecule has 1 N–H and O–H groups in total. The zero-order chi connectivity index (χ0) is 15.6. The van der Waals surface area contributed by atoms with Gasteiger partial charge < -0.3 is 14.6 Å². The highest BCUT2D eigenvalue weighted by molar-refractivity contribution is 5.94. The van der Waals surface area contributed by atoms with Gasteiger partial charge in [0, 0.05) is 30.9 Å². The summed E-state index contributed by atoms with van der Waals surface area (Å²) in [5.74, 6) is 1.84. The Balaban J connectivity index is 2.18. The van der Waals surface area contributed by atoms with E-state index in [1.807, 2.05) is 44.2 Å². The molecule has 21 heavy (non-hydrogen) atoms. The lowest BCUT2D eigenvalue weighted by Crippen LogP contribution is -2.21. The average molecular weight is 286 g/mol. The SMILES string of the molecule is Cc1cc(C(C)Nc2cccc(C(=O)N(C)C)c2)c(C)o1. The molecule has 0 saturated carbocycles. The third-order valence-corrected chi connectivity index (χ3v) is 3.44. The summed E-state index contributed by atoms with van der Waals surface area (Å²) in [5.41, 5.74) is 2.74. The Labute approximate surface area is 125 Å². The molecule has 1 unspecified atom stereocenters. The number of carbonyl (C=O) groups is 1. The molecule has 4 nitrogen and oxygen atoms in total. The van der Waals surface area contributed by atoms with Crippen molar-refractivity contribution in [3.8, 4) is 0 Å². The summed E-state index contributed by atoms with van der Waals surface area (Å²) in [6, 6.07) is 9.71. The summed E-state index contributed by atoms with van der Waals surface area (Å²) in [6.45, 7) is 5.99. The standard InChI is InChI=1S/C17H22N2O2/c1-11-9-16(13(3)21-11)12(2)18-15-8-6-7-14(10-15)17(20)19(4)5/h6-10,12,18H,1-5H3. The van der Waals surface area contributed by atoms with Gasteiger partial charge in [-0.15, -0.1) is 0 Å². The number of amides is 1. The highest BCUT2D eigenvalue weighted by atomic mass is 16.3. The molecule has 0 saturated heterocycles. The molecule has 112 valence electrons. The van der Waals surface area contributed by atoms with Crippen LogP contribution in [0.1, 0.15) is 40.4 Å². The van der Waals surface area contributed by atoms with Crippen LogP contribution in [-0.4, -0.2) is 24.9 Å². The largest absolute Gasteiger partial charge is 0.466 e. The van der Waals surface area contributed by atoms with Crippen LogP contribution in [0.15, 0.2) is 34.7 Å². The van der Waals surface area contributed by atoms with E-state index in [9.17, 15) is 4.79 Å². The maximum absolute atomic E-state index is 12.0. The average Bonchev–Trinajstić information content (AvgIpc) is 2.77. The normalized spacial score (nSPS) is 12.0. The molecular formula is C17H22N2O2. The number of anilines is 1. The molecule has 0 fully saturated rings. The van der Waals surface area contributed by atoms with Gasteiger partial charge in [-0.25, -0.2) is 0 Å². The monoisotopic (exact) mass is 286 g/mol. The number of benzene rings is 1. The predicted molar refractivity (Wildman–Crippen MR) is 84.7 cm³/mol. The first-order chi connectivity index (χ1) is 9.88. The van der Waals surface area contributed by atoms with Crippen LogP contribution in [0.4, 0.5) is 5.69 Å². The van der Waals surface area contributed by atoms with E-state index >= 15 is 0 Å². The quantitative estimate of drug-likeness (QED) is 0.930. The Bertz CT molecular complexity index is 644. The Hall–Kier alpha value is -2.23. The van der Waals surface area contributed by atoms with Crippen molar-refractivity contribution >= 4 is 11.6 Å². The van der Waals surface area contributed by atoms with Crippen molar-refractivity contribution in [3.05, 3.63) is 53.0 Å². The third kappa shape index (κ3) is 3.45. The lowest BCUT2D eigenvalue weighted by Gasteiger charge is -2.16. The van der Waals surface area contributed by atoms with Crippen LogP contribution in [-0.2, 0) is 0 Å². The van der Waals surface area contributed by atoms with E-state index in [4.69, 9.17) is 4.42 Å². The first-order valence-electron chi connectivity index (χ1n) is 7.03. The van der Waals surface area contributed by atoms with Crippen LogP contribution in [0, 0.1) is 13.8 Å². The van der Waals surface area contributed by atoms with E-state index in [0.29, 0.717) is 5.56 Å². The molecule has 0 spiro atoms. The van der Waals surface area contributed by atoms with Crippen molar-refractivity contribution in [2.24, 2.45) is 0 Å². The van der Waals surface area contributed by atoms with Crippen LogP contribution in [0.25, 0.3) is 0 Å². The second-order valence-electron chi connectivity index (χ2n) is 5.51. The van der Waals surface area contributed by atoms with Crippen molar-refractivity contribution in [1.82, 2.24) is 4.90 Å². The summed E-state index contributed by atoms with van der Waals surface area (Å²) in [5, 5.41) is 3.42. The van der Waals surface area contributed by atoms with Crippen LogP contribution >= 0.6 is 0 Å². The van der Waals surface area contributed by atoms with Crippen LogP contribution in [0.3, 0.4) is 0 Å². The maximum Gasteiger partial charge on any atom is 0.253 e. The molecule has 1 amide bonds. The number of furan rings is 1. The van der Waals surface area contributed by atoms with Gasteiger partial charge in [-0.2, -0.15) is 0 Å². The van der Waals surface area contributed by atoms with E-state index in [2.05, 4.69) is 12.2 Å². The van der Waals surface area contributed by atoms with Gasteiger partial charge in [0.1, 0.15) is 11.5 Å². The van der Waals surface area contributed by atoms with Crippen LogP contribution in [0.2, 0.25) is 0 Å². The van der Waals surface area contributed by atoms with E-state index in [0.717, 1.165) is 22.8 Å². The van der Waals surface area contributed by atoms with Gasteiger partial charge in [0.15, 0.2) is 0 Å². The van der Waals surface area contributed by atoms with E-state index in [-0.39, 0.29) is 11.9 Å². The number of nitrogens with one attached hydrogen (secondary N) is 1. The van der Waals surface area contributed by atoms with Crippen LogP contribution < -0.4 is 5.32 Å². The van der Waals surface area contributed by atoms with Gasteiger partial charge in [0.25, 0.3) is 5.91 Å². The zero-order valence-corrected chi connectivity index (χ0v) is 13.2. The fourth-order valence-corrected chi connectivity index (χ4v) is 2.41. The topological polar surface area (TPSA) is 45.5 Å². The first-order valence-corrected chi connectivity index (χ1v) is 7.03. The smallest absolute Gasteiger partial charge is 0.253 e. The summed E-state index contributed by atoms with van der Waals surface area (Å²) in [4.78, 5) is 13.6. The number of hydrogen-bond acceptors (Lipinski definition) is 3. The van der Waals surface area contributed by atoms with Crippen molar-refractivity contribution in [1.29, 1.82) is 0 Å². The summed E-state index contributed by atoms with van der Waals surface area (Å²) < 4.78 is 5.57. The van der Waals surface area contributed by atoms with Gasteiger partial charge in [-0.1, -0.05) is 6.07 Å². The van der Waals surface area contributed by atoms with Crippen LogP contribution in [0.5, 0.6) is 0 Å². The molecule has 0 aliphatic rings. The second-order valence-corrected chi connectivity index (χ2v) is 5.51. The van der Waals surface area contributed by atoms with E-state index in [1.54, 1.807) is 19.0 Å². The van der Waals surface area contributed by atoms with Gasteiger partial charge in [0.05, 0.1) is 6.04 Å². The molecule has 2 aromatic rings. The Morgan fingerprint density at radius 3 is 2.52 bits per heavy atom. The molecule has 0 bridgehead atoms. The highest BCUT2D eigenvalue weighted by Gasteiger charge is 2.14. The number of carbonyl (C=O) groups excluding carboxylic acids is 1. The molecule has 0 aliphatic heterocycles. The van der Waals surface area contributed by atoms with E-state index in [1.165, 1.54) is 0 Å². The third-order valence-electron chi connectivity index (χ3n) is 3.44. The van der Waals surface area contributed by atoms with Gasteiger partial charge in [0.2, 0.25) is 0 Å². The zero-order valence-electron chi connectivity index (χ0n) is 13.2. The van der Waals surface area contributed by atoms with Crippen molar-refractivity contribution in [2.75, 3.05) is 19.4 Å². The molecule has 1 atom stereocenters. The summed E-state index contributed by atoms with van der Waals surface area (Å²) >= 11 is 0. The minimum Gasteiger partial charge on any atom is -0.466 e. The lowest BCUT2D eigenvalue weighted by atomic mass is 10.1. The summed E-state index contributed by atoms with van der Waals surface area (Å²) in [7, 11) is 3.51. The van der Waals surface area contributed by atoms with E-state index < -0.39 is 0 Å². The van der Waals surface area contributed by atoms with Crippen molar-refractivity contribution in [3.63, 3.8) is 0 Å². The fourth-order valence-electron chi connectivity index (χ4n) is 2.41. The minimum atomic E-state index is 0.00152. The number of aryl methyl sites for hydroxylation is 2. The van der Waals surface area contributed by atoms with Gasteiger partial charge in [-0.05, 0) is 45.0 Å². The molecule has 1 aromatic heterocycles. The molecule has 0 radical (unpaired) electrons. The minimum absolute atomic E-state index is 0.00152. The molecule has 1 aromatic carbocycles. The highest BCUT2D eigenvalue weighted by Crippen LogP contribution is 2.25. The maximum atomic E-state index is 12.0. The summed E-state index contributed by atoms with van der Waals surface area (Å²) in [6.07, 6.45) is 0. The van der Waals surface area contributed by atoms with Gasteiger partial charge in [-0.3, -0.25) is 4.79 Å².